The summed E-state index contributed by atoms with van der Waals surface area (Å²) in [4.78, 5) is 13.7. The van der Waals surface area contributed by atoms with E-state index in [4.69, 9.17) is 4.98 Å². The second-order valence-corrected chi connectivity index (χ2v) is 9.54. The van der Waals surface area contributed by atoms with Crippen molar-refractivity contribution in [3.05, 3.63) is 127 Å². The number of aryl methyl sites for hydroxylation is 2. The Morgan fingerprint density at radius 1 is 0.590 bits per heavy atom. The van der Waals surface area contributed by atoms with Crippen LogP contribution in [0.1, 0.15) is 11.1 Å². The Morgan fingerprint density at radius 3 is 1.87 bits per heavy atom. The van der Waals surface area contributed by atoms with Crippen LogP contribution in [0.25, 0.3) is 66.2 Å². The Balaban J connectivity index is 0.000000145. The fourth-order valence-electron chi connectivity index (χ4n) is 5.49. The van der Waals surface area contributed by atoms with Gasteiger partial charge in [0.15, 0.2) is 0 Å². The van der Waals surface area contributed by atoms with Gasteiger partial charge in [-0.1, -0.05) is 58.9 Å². The van der Waals surface area contributed by atoms with Crippen molar-refractivity contribution in [3.8, 4) is 33.5 Å². The van der Waals surface area contributed by atoms with Gasteiger partial charge in [-0.05, 0) is 53.9 Å². The van der Waals surface area contributed by atoms with E-state index in [0.717, 1.165) is 27.8 Å². The maximum Gasteiger partial charge on any atom is 0.0967 e. The molecule has 0 amide bonds. The van der Waals surface area contributed by atoms with E-state index < -0.39 is 0 Å². The molecule has 39 heavy (non-hydrogen) atoms. The smallest absolute Gasteiger partial charge is 0.0967 e. The summed E-state index contributed by atoms with van der Waals surface area (Å²) < 4.78 is 0. The van der Waals surface area contributed by atoms with Gasteiger partial charge in [0.05, 0.1) is 11.0 Å². The first-order valence-electron chi connectivity index (χ1n) is 12.7. The quantitative estimate of drug-likeness (QED) is 0.129. The fraction of sp³-hybridized carbons (Fsp3) is 0.0571. The minimum Gasteiger partial charge on any atom is -0.323 e. The summed E-state index contributed by atoms with van der Waals surface area (Å²) in [5.41, 5.74) is 12.6. The molecular weight excluding hydrogens is 655 g/mol. The van der Waals surface area contributed by atoms with E-state index >= 15 is 0 Å². The van der Waals surface area contributed by atoms with Gasteiger partial charge in [-0.15, -0.1) is 41.5 Å². The van der Waals surface area contributed by atoms with Crippen LogP contribution in [-0.4, -0.2) is 15.0 Å². The minimum atomic E-state index is 0. The Kier molecular flexibility index (Phi) is 6.52. The number of hydrogen-bond acceptors (Lipinski definition) is 3. The summed E-state index contributed by atoms with van der Waals surface area (Å²) in [5, 5.41) is 3.61. The maximum absolute atomic E-state index is 4.80. The summed E-state index contributed by atoms with van der Waals surface area (Å²) in [7, 11) is 0. The van der Waals surface area contributed by atoms with E-state index in [1.54, 1.807) is 0 Å². The molecule has 189 valence electrons. The predicted octanol–water partition coefficient (Wildman–Crippen LogP) is 8.55. The second kappa shape index (κ2) is 10.1. The van der Waals surface area contributed by atoms with Crippen LogP contribution in [0, 0.1) is 26.0 Å². The summed E-state index contributed by atoms with van der Waals surface area (Å²) in [5.74, 6) is 0. The standard InChI is InChI=1S/C21H11N.C14H12N2.Ir/c1-2-7-14(8-3-1)20-13-18-16-10-5-4-9-15(16)17-11-6-12-19(22-20)21(17)18;1-9-10(2)12-6-4-8-16-14(12)13-11(9)5-3-7-15-13;/h1-7,9-11,13H;3-8H,1-2H3;/q-2;;. The molecule has 3 heterocycles. The second-order valence-electron chi connectivity index (χ2n) is 9.54. The van der Waals surface area contributed by atoms with Crippen LogP contribution < -0.4 is 0 Å². The fourth-order valence-corrected chi connectivity index (χ4v) is 5.49. The van der Waals surface area contributed by atoms with E-state index in [9.17, 15) is 0 Å². The Labute approximate surface area is 241 Å². The van der Waals surface area contributed by atoms with Crippen molar-refractivity contribution in [2.75, 3.05) is 0 Å². The van der Waals surface area contributed by atoms with Crippen molar-refractivity contribution in [1.29, 1.82) is 0 Å². The Morgan fingerprint density at radius 2 is 1.23 bits per heavy atom. The molecule has 8 rings (SSSR count). The first-order valence-corrected chi connectivity index (χ1v) is 12.7. The number of hydrogen-bond donors (Lipinski definition) is 0. The number of aromatic nitrogens is 3. The summed E-state index contributed by atoms with van der Waals surface area (Å²) in [6.45, 7) is 4.29. The number of nitrogens with zero attached hydrogens (tertiary/aromatic N) is 3. The molecule has 4 aromatic carbocycles. The van der Waals surface area contributed by atoms with Crippen molar-refractivity contribution in [2.45, 2.75) is 13.8 Å². The third-order valence-corrected chi connectivity index (χ3v) is 7.46. The van der Waals surface area contributed by atoms with Crippen molar-refractivity contribution in [3.63, 3.8) is 0 Å². The van der Waals surface area contributed by atoms with E-state index in [0.29, 0.717) is 0 Å². The van der Waals surface area contributed by atoms with Crippen LogP contribution in [0.15, 0.2) is 103 Å². The molecular formula is C35H23IrN3-2. The topological polar surface area (TPSA) is 38.7 Å². The van der Waals surface area contributed by atoms with Crippen LogP contribution in [-0.2, 0) is 20.1 Å². The summed E-state index contributed by atoms with van der Waals surface area (Å²) in [6.07, 6.45) is 3.65. The molecule has 0 spiro atoms. The van der Waals surface area contributed by atoms with E-state index in [1.807, 2.05) is 54.9 Å². The summed E-state index contributed by atoms with van der Waals surface area (Å²) in [6, 6.07) is 37.5. The molecule has 3 nitrogen and oxygen atoms in total. The molecule has 0 N–H and O–H groups in total. The van der Waals surface area contributed by atoms with Gasteiger partial charge in [-0.2, -0.15) is 18.2 Å². The first-order chi connectivity index (χ1) is 18.7. The monoisotopic (exact) mass is 678 g/mol. The molecule has 1 aliphatic carbocycles. The van der Waals surface area contributed by atoms with Crippen molar-refractivity contribution < 1.29 is 20.1 Å². The van der Waals surface area contributed by atoms with Crippen LogP contribution in [0.3, 0.4) is 0 Å². The van der Waals surface area contributed by atoms with Gasteiger partial charge in [0, 0.05) is 43.3 Å². The molecule has 0 unspecified atom stereocenters. The van der Waals surface area contributed by atoms with E-state index in [2.05, 4.69) is 84.5 Å². The average Bonchev–Trinajstić information content (AvgIpc) is 3.32. The van der Waals surface area contributed by atoms with Crippen molar-refractivity contribution >= 4 is 32.7 Å². The van der Waals surface area contributed by atoms with Gasteiger partial charge in [-0.25, -0.2) is 0 Å². The van der Waals surface area contributed by atoms with Gasteiger partial charge < -0.3 is 4.98 Å². The van der Waals surface area contributed by atoms with E-state index in [-0.39, 0.29) is 20.1 Å². The molecule has 0 atom stereocenters. The number of benzene rings is 4. The van der Waals surface area contributed by atoms with Gasteiger partial charge in [0.1, 0.15) is 0 Å². The average molecular weight is 678 g/mol. The third-order valence-electron chi connectivity index (χ3n) is 7.46. The zero-order valence-corrected chi connectivity index (χ0v) is 23.9. The van der Waals surface area contributed by atoms with Crippen LogP contribution >= 0.6 is 0 Å². The normalized spacial score (nSPS) is 11.1. The zero-order chi connectivity index (χ0) is 25.6. The SMILES string of the molecule is Cc1c(C)c2cccnc2c2ncccc12.[Ir].[c-]1ccccc1-c1cc2c3c(cc[c-]c3n1)-c1ccccc1-2. The third kappa shape index (κ3) is 4.13. The van der Waals surface area contributed by atoms with Crippen molar-refractivity contribution in [2.24, 2.45) is 0 Å². The van der Waals surface area contributed by atoms with Gasteiger partial charge >= 0.3 is 0 Å². The van der Waals surface area contributed by atoms with Crippen molar-refractivity contribution in [1.82, 2.24) is 15.0 Å². The number of rotatable bonds is 1. The first kappa shape index (κ1) is 25.1. The maximum atomic E-state index is 4.80. The molecule has 0 bridgehead atoms. The van der Waals surface area contributed by atoms with Gasteiger partial charge in [0.2, 0.25) is 0 Å². The molecule has 0 saturated carbocycles. The van der Waals surface area contributed by atoms with Crippen LogP contribution in [0.4, 0.5) is 0 Å². The minimum absolute atomic E-state index is 0. The van der Waals surface area contributed by atoms with Crippen LogP contribution in [0.5, 0.6) is 0 Å². The molecule has 0 saturated heterocycles. The Hall–Kier alpha value is -4.24. The zero-order valence-electron chi connectivity index (χ0n) is 21.5. The Bertz CT molecular complexity index is 1940. The van der Waals surface area contributed by atoms with Gasteiger partial charge in [0.25, 0.3) is 0 Å². The number of fused-ring (bicyclic) bond motifs is 6. The molecule has 1 radical (unpaired) electrons. The van der Waals surface area contributed by atoms with Crippen LogP contribution in [0.2, 0.25) is 0 Å². The van der Waals surface area contributed by atoms with Gasteiger partial charge in [-0.3, -0.25) is 9.97 Å². The predicted molar refractivity (Wildman–Crippen MR) is 156 cm³/mol. The molecule has 7 aromatic rings. The van der Waals surface area contributed by atoms with E-state index in [1.165, 1.54) is 49.5 Å². The molecule has 3 aromatic heterocycles. The molecule has 0 fully saturated rings. The largest absolute Gasteiger partial charge is 0.323 e. The molecule has 1 aliphatic rings. The number of pyridine rings is 3. The molecule has 4 heteroatoms. The molecule has 0 aliphatic heterocycles. The summed E-state index contributed by atoms with van der Waals surface area (Å²) >= 11 is 0.